The van der Waals surface area contributed by atoms with Crippen LogP contribution in [0.5, 0.6) is 0 Å². The predicted octanol–water partition coefficient (Wildman–Crippen LogP) is 1.92. The predicted molar refractivity (Wildman–Crippen MR) is 74.3 cm³/mol. The Balaban J connectivity index is 1.89. The topological polar surface area (TPSA) is 56.1 Å². The van der Waals surface area contributed by atoms with Gasteiger partial charge < -0.3 is 10.2 Å². The fourth-order valence-electron chi connectivity index (χ4n) is 3.29. The molecule has 0 radical (unpaired) electrons. The molecule has 2 rings (SSSR count). The molecule has 2 unspecified atom stereocenters. The molecule has 19 heavy (non-hydrogen) atoms. The van der Waals surface area contributed by atoms with Gasteiger partial charge in [-0.25, -0.2) is 0 Å². The van der Waals surface area contributed by atoms with Crippen LogP contribution in [-0.2, 0) is 4.79 Å². The lowest BCUT2D eigenvalue weighted by atomic mass is 9.83. The lowest BCUT2D eigenvalue weighted by Crippen LogP contribution is -2.55. The van der Waals surface area contributed by atoms with Gasteiger partial charge in [-0.2, -0.15) is 5.26 Å². The molecule has 4 nitrogen and oxygen atoms in total. The summed E-state index contributed by atoms with van der Waals surface area (Å²) in [5, 5.41) is 12.5. The van der Waals surface area contributed by atoms with E-state index in [0.29, 0.717) is 24.3 Å². The molecule has 4 heteroatoms. The Bertz CT molecular complexity index is 372. The second-order valence-electron chi connectivity index (χ2n) is 6.55. The smallest absolute Gasteiger partial charge is 0.222 e. The van der Waals surface area contributed by atoms with E-state index in [1.807, 2.05) is 13.8 Å². The van der Waals surface area contributed by atoms with Crippen molar-refractivity contribution >= 4 is 5.91 Å². The third-order valence-electron chi connectivity index (χ3n) is 4.52. The highest BCUT2D eigenvalue weighted by Crippen LogP contribution is 2.29. The Kier molecular flexibility index (Phi) is 4.46. The molecule has 1 N–H and O–H groups in total. The van der Waals surface area contributed by atoms with Crippen molar-refractivity contribution in [3.05, 3.63) is 0 Å². The van der Waals surface area contributed by atoms with Crippen molar-refractivity contribution in [3.8, 4) is 6.07 Å². The summed E-state index contributed by atoms with van der Waals surface area (Å²) in [7, 11) is 0. The van der Waals surface area contributed by atoms with E-state index in [1.165, 1.54) is 0 Å². The highest BCUT2D eigenvalue weighted by molar-refractivity contribution is 5.77. The summed E-state index contributed by atoms with van der Waals surface area (Å²) in [6, 6.07) is 2.77. The Morgan fingerprint density at radius 2 is 2.26 bits per heavy atom. The van der Waals surface area contributed by atoms with Crippen LogP contribution in [0.15, 0.2) is 0 Å². The van der Waals surface area contributed by atoms with Crippen molar-refractivity contribution < 1.29 is 4.79 Å². The van der Waals surface area contributed by atoms with E-state index in [9.17, 15) is 4.79 Å². The first-order valence-corrected chi connectivity index (χ1v) is 7.45. The van der Waals surface area contributed by atoms with Gasteiger partial charge in [0.05, 0.1) is 11.5 Å². The van der Waals surface area contributed by atoms with E-state index >= 15 is 0 Å². The quantitative estimate of drug-likeness (QED) is 0.843. The van der Waals surface area contributed by atoms with Crippen LogP contribution in [0.1, 0.15) is 46.0 Å². The molecular formula is C15H25N3O. The Labute approximate surface area is 116 Å². The van der Waals surface area contributed by atoms with E-state index in [1.54, 1.807) is 0 Å². The van der Waals surface area contributed by atoms with Crippen molar-refractivity contribution in [2.24, 2.45) is 11.3 Å². The molecule has 2 atom stereocenters. The Hall–Kier alpha value is -1.08. The van der Waals surface area contributed by atoms with Gasteiger partial charge in [0.25, 0.3) is 0 Å². The second kappa shape index (κ2) is 5.92. The van der Waals surface area contributed by atoms with E-state index in [-0.39, 0.29) is 5.41 Å². The van der Waals surface area contributed by atoms with Crippen LogP contribution in [-0.4, -0.2) is 36.5 Å². The molecule has 0 aromatic carbocycles. The van der Waals surface area contributed by atoms with E-state index < -0.39 is 0 Å². The van der Waals surface area contributed by atoms with Gasteiger partial charge in [0.2, 0.25) is 5.91 Å². The number of rotatable bonds is 4. The number of nitrogens with one attached hydrogen (secondary N) is 1. The van der Waals surface area contributed by atoms with Crippen LogP contribution in [0.3, 0.4) is 0 Å². The summed E-state index contributed by atoms with van der Waals surface area (Å²) in [6.07, 6.45) is 4.62. The van der Waals surface area contributed by atoms with Gasteiger partial charge in [-0.1, -0.05) is 0 Å². The maximum absolute atomic E-state index is 12.1. The summed E-state index contributed by atoms with van der Waals surface area (Å²) >= 11 is 0. The van der Waals surface area contributed by atoms with Gasteiger partial charge in [-0.3, -0.25) is 4.79 Å². The molecule has 2 aliphatic rings. The lowest BCUT2D eigenvalue weighted by Gasteiger charge is -2.44. The monoisotopic (exact) mass is 263 g/mol. The molecule has 1 amide bonds. The maximum Gasteiger partial charge on any atom is 0.222 e. The van der Waals surface area contributed by atoms with Gasteiger partial charge >= 0.3 is 0 Å². The first-order chi connectivity index (χ1) is 9.03. The zero-order valence-corrected chi connectivity index (χ0v) is 12.1. The minimum atomic E-state index is -0.271. The van der Waals surface area contributed by atoms with E-state index in [0.717, 1.165) is 45.3 Å². The number of likely N-dealkylation sites (tertiary alicyclic amines) is 1. The van der Waals surface area contributed by atoms with Gasteiger partial charge in [0, 0.05) is 19.0 Å². The third kappa shape index (κ3) is 3.48. The number of hydrogen-bond donors (Lipinski definition) is 1. The molecule has 0 aromatic heterocycles. The fraction of sp³-hybridized carbons (Fsp3) is 0.867. The average Bonchev–Trinajstić information content (AvgIpc) is 2.41. The fourth-order valence-corrected chi connectivity index (χ4v) is 3.29. The number of piperidine rings is 2. The molecule has 0 aromatic rings. The zero-order valence-electron chi connectivity index (χ0n) is 12.1. The normalized spacial score (nSPS) is 27.8. The summed E-state index contributed by atoms with van der Waals surface area (Å²) < 4.78 is 0. The highest BCUT2D eigenvalue weighted by atomic mass is 16.2. The number of carbonyl (C=O) groups is 1. The van der Waals surface area contributed by atoms with Crippen LogP contribution in [0.2, 0.25) is 0 Å². The largest absolute Gasteiger partial charge is 0.339 e. The highest BCUT2D eigenvalue weighted by Gasteiger charge is 2.36. The van der Waals surface area contributed by atoms with Crippen LogP contribution < -0.4 is 5.32 Å². The van der Waals surface area contributed by atoms with Crippen molar-refractivity contribution in [1.82, 2.24) is 10.2 Å². The zero-order chi connectivity index (χ0) is 13.9. The first-order valence-electron chi connectivity index (χ1n) is 7.45. The van der Waals surface area contributed by atoms with E-state index in [4.69, 9.17) is 5.26 Å². The van der Waals surface area contributed by atoms with Gasteiger partial charge in [-0.05, 0) is 58.5 Å². The Morgan fingerprint density at radius 1 is 1.47 bits per heavy atom. The van der Waals surface area contributed by atoms with E-state index in [2.05, 4.69) is 16.3 Å². The molecule has 0 saturated carbocycles. The molecule has 2 fully saturated rings. The van der Waals surface area contributed by atoms with Crippen molar-refractivity contribution in [2.45, 2.75) is 52.0 Å². The number of amides is 1. The van der Waals surface area contributed by atoms with Crippen LogP contribution in [0.25, 0.3) is 0 Å². The molecule has 0 bridgehead atoms. The molecule has 0 aliphatic carbocycles. The molecule has 106 valence electrons. The Morgan fingerprint density at radius 3 is 3.00 bits per heavy atom. The lowest BCUT2D eigenvalue weighted by molar-refractivity contribution is -0.139. The molecule has 2 heterocycles. The average molecular weight is 263 g/mol. The van der Waals surface area contributed by atoms with Gasteiger partial charge in [0.15, 0.2) is 0 Å². The molecular weight excluding hydrogens is 238 g/mol. The minimum absolute atomic E-state index is 0.271. The maximum atomic E-state index is 12.1. The first kappa shape index (κ1) is 14.3. The van der Waals surface area contributed by atoms with Crippen LogP contribution in [0, 0.1) is 22.7 Å². The summed E-state index contributed by atoms with van der Waals surface area (Å²) in [6.45, 7) is 6.84. The number of nitriles is 1. The number of fused-ring (bicyclic) bond motifs is 1. The van der Waals surface area contributed by atoms with Gasteiger partial charge in [-0.15, -0.1) is 0 Å². The van der Waals surface area contributed by atoms with Crippen molar-refractivity contribution in [2.75, 3.05) is 19.6 Å². The van der Waals surface area contributed by atoms with Crippen molar-refractivity contribution in [1.29, 1.82) is 5.26 Å². The van der Waals surface area contributed by atoms with Crippen LogP contribution >= 0.6 is 0 Å². The van der Waals surface area contributed by atoms with Gasteiger partial charge in [0.1, 0.15) is 0 Å². The summed E-state index contributed by atoms with van der Waals surface area (Å²) in [4.78, 5) is 14.2. The summed E-state index contributed by atoms with van der Waals surface area (Å²) in [5.74, 6) is 0.952. The van der Waals surface area contributed by atoms with Crippen LogP contribution in [0.4, 0.5) is 0 Å². The minimum Gasteiger partial charge on any atom is -0.339 e. The van der Waals surface area contributed by atoms with Crippen molar-refractivity contribution in [3.63, 3.8) is 0 Å². The second-order valence-corrected chi connectivity index (χ2v) is 6.55. The number of nitrogens with zero attached hydrogens (tertiary/aromatic N) is 2. The third-order valence-corrected chi connectivity index (χ3v) is 4.52. The molecule has 0 spiro atoms. The molecule has 2 aliphatic heterocycles. The molecule has 2 saturated heterocycles. The standard InChI is InChI=1S/C15H25N3O/c1-15(2,11-16)7-3-9-18-13-6-8-17-10-12(13)4-5-14(18)19/h12-13,17H,3-10H2,1-2H3. The SMILES string of the molecule is CC(C)(C#N)CCCN1C(=O)CCC2CNCCC21. The number of hydrogen-bond acceptors (Lipinski definition) is 3. The number of carbonyl (C=O) groups excluding carboxylic acids is 1. The summed E-state index contributed by atoms with van der Waals surface area (Å²) in [5.41, 5.74) is -0.271.